The van der Waals surface area contributed by atoms with Gasteiger partial charge < -0.3 is 9.64 Å². The quantitative estimate of drug-likeness (QED) is 0.629. The van der Waals surface area contributed by atoms with Crippen LogP contribution in [0.2, 0.25) is 0 Å². The van der Waals surface area contributed by atoms with Gasteiger partial charge in [-0.05, 0) is 18.9 Å². The van der Waals surface area contributed by atoms with Crippen LogP contribution in [0, 0.1) is 0 Å². The maximum atomic E-state index is 12.2. The molecule has 0 bridgehead atoms. The van der Waals surface area contributed by atoms with E-state index < -0.39 is 10.0 Å². The number of sulfonamides is 1. The number of ether oxygens (including phenoxy) is 1. The second-order valence-electron chi connectivity index (χ2n) is 8.61. The van der Waals surface area contributed by atoms with Gasteiger partial charge in [0, 0.05) is 37.1 Å². The third-order valence-electron chi connectivity index (χ3n) is 5.98. The monoisotopic (exact) mass is 458 g/mol. The Kier molecular flexibility index (Phi) is 6.60. The summed E-state index contributed by atoms with van der Waals surface area (Å²) < 4.78 is 31.4. The van der Waals surface area contributed by atoms with Crippen molar-refractivity contribution in [2.75, 3.05) is 30.9 Å². The van der Waals surface area contributed by atoms with Crippen molar-refractivity contribution in [1.82, 2.24) is 14.3 Å². The van der Waals surface area contributed by atoms with Gasteiger partial charge in [0.05, 0.1) is 37.8 Å². The summed E-state index contributed by atoms with van der Waals surface area (Å²) in [6, 6.07) is 7.89. The molecule has 2 aliphatic rings. The molecule has 9 heteroatoms. The second kappa shape index (κ2) is 9.25. The molecule has 1 aromatic heterocycles. The van der Waals surface area contributed by atoms with Gasteiger partial charge in [0.15, 0.2) is 5.82 Å². The first-order chi connectivity index (χ1) is 15.3. The summed E-state index contributed by atoms with van der Waals surface area (Å²) >= 11 is 0. The lowest BCUT2D eigenvalue weighted by molar-refractivity contribution is -0.118. The van der Waals surface area contributed by atoms with Gasteiger partial charge in [0.25, 0.3) is 0 Å². The molecular weight excluding hydrogens is 428 g/mol. The van der Waals surface area contributed by atoms with Gasteiger partial charge in [-0.3, -0.25) is 4.79 Å². The SMILES string of the molecule is CCCC(=O)Cc1ccc(-c2nc3c(c(N4CCOC[C@@H]4C)n2)CN(S(C)(=O)=O)C3)cc1. The Morgan fingerprint density at radius 3 is 2.59 bits per heavy atom. The summed E-state index contributed by atoms with van der Waals surface area (Å²) in [7, 11) is -3.34. The van der Waals surface area contributed by atoms with Crippen LogP contribution in [0.25, 0.3) is 11.4 Å². The molecule has 0 radical (unpaired) electrons. The number of carbonyl (C=O) groups excluding carboxylic acids is 1. The smallest absolute Gasteiger partial charge is 0.211 e. The number of morpholine rings is 1. The van der Waals surface area contributed by atoms with E-state index in [0.717, 1.165) is 34.6 Å². The molecule has 2 aliphatic heterocycles. The van der Waals surface area contributed by atoms with Crippen molar-refractivity contribution in [2.45, 2.75) is 52.2 Å². The highest BCUT2D eigenvalue weighted by atomic mass is 32.2. The number of aromatic nitrogens is 2. The zero-order valence-corrected chi connectivity index (χ0v) is 19.7. The highest BCUT2D eigenvalue weighted by Gasteiger charge is 2.34. The van der Waals surface area contributed by atoms with E-state index >= 15 is 0 Å². The van der Waals surface area contributed by atoms with E-state index in [2.05, 4.69) is 11.8 Å². The first-order valence-electron chi connectivity index (χ1n) is 11.1. The molecule has 4 rings (SSSR count). The number of rotatable bonds is 7. The zero-order chi connectivity index (χ0) is 22.9. The van der Waals surface area contributed by atoms with E-state index in [0.29, 0.717) is 38.4 Å². The molecule has 2 aromatic rings. The summed E-state index contributed by atoms with van der Waals surface area (Å²) in [5.74, 6) is 1.59. The molecule has 172 valence electrons. The van der Waals surface area contributed by atoms with Crippen LogP contribution in [0.4, 0.5) is 5.82 Å². The van der Waals surface area contributed by atoms with Crippen LogP contribution in [0.5, 0.6) is 0 Å². The molecule has 0 unspecified atom stereocenters. The minimum Gasteiger partial charge on any atom is -0.377 e. The minimum atomic E-state index is -3.34. The van der Waals surface area contributed by atoms with Gasteiger partial charge in [0.1, 0.15) is 11.6 Å². The zero-order valence-electron chi connectivity index (χ0n) is 18.9. The lowest BCUT2D eigenvalue weighted by atomic mass is 10.0. The van der Waals surface area contributed by atoms with Gasteiger partial charge >= 0.3 is 0 Å². The van der Waals surface area contributed by atoms with E-state index in [1.165, 1.54) is 10.6 Å². The van der Waals surface area contributed by atoms with Crippen LogP contribution < -0.4 is 4.90 Å². The van der Waals surface area contributed by atoms with E-state index in [4.69, 9.17) is 14.7 Å². The van der Waals surface area contributed by atoms with Crippen LogP contribution in [0.3, 0.4) is 0 Å². The van der Waals surface area contributed by atoms with E-state index in [1.807, 2.05) is 31.2 Å². The van der Waals surface area contributed by atoms with Gasteiger partial charge in [-0.1, -0.05) is 31.2 Å². The molecule has 1 fully saturated rings. The van der Waals surface area contributed by atoms with Crippen LogP contribution >= 0.6 is 0 Å². The summed E-state index contributed by atoms with van der Waals surface area (Å²) in [5.41, 5.74) is 3.43. The first-order valence-corrected chi connectivity index (χ1v) is 12.9. The van der Waals surface area contributed by atoms with Crippen LogP contribution in [0.1, 0.15) is 43.5 Å². The van der Waals surface area contributed by atoms with E-state index in [-0.39, 0.29) is 24.9 Å². The second-order valence-corrected chi connectivity index (χ2v) is 10.6. The largest absolute Gasteiger partial charge is 0.377 e. The first kappa shape index (κ1) is 22.8. The minimum absolute atomic E-state index is 0.134. The number of anilines is 1. The van der Waals surface area contributed by atoms with Crippen molar-refractivity contribution in [3.8, 4) is 11.4 Å². The predicted molar refractivity (Wildman–Crippen MR) is 123 cm³/mol. The van der Waals surface area contributed by atoms with Crippen molar-refractivity contribution in [3.63, 3.8) is 0 Å². The summed E-state index contributed by atoms with van der Waals surface area (Å²) in [6.45, 7) is 6.52. The fraction of sp³-hybridized carbons (Fsp3) is 0.522. The third-order valence-corrected chi connectivity index (χ3v) is 7.18. The molecule has 1 saturated heterocycles. The number of Topliss-reactive ketones (excluding diaryl/α,β-unsaturated/α-hetero) is 1. The molecule has 32 heavy (non-hydrogen) atoms. The molecule has 3 heterocycles. The lowest BCUT2D eigenvalue weighted by Gasteiger charge is -2.35. The molecule has 1 aromatic carbocycles. The Morgan fingerprint density at radius 2 is 1.94 bits per heavy atom. The summed E-state index contributed by atoms with van der Waals surface area (Å²) in [4.78, 5) is 23.8. The van der Waals surface area contributed by atoms with Crippen molar-refractivity contribution in [2.24, 2.45) is 0 Å². The van der Waals surface area contributed by atoms with E-state index in [9.17, 15) is 13.2 Å². The Bertz CT molecular complexity index is 1100. The number of hydrogen-bond donors (Lipinski definition) is 0. The standard InChI is InChI=1S/C23H30N4O4S/c1-4-5-19(28)12-17-6-8-18(9-7-17)22-24-21-14-26(32(3,29)30)13-20(21)23(25-22)27-10-11-31-15-16(27)2/h6-9,16H,4-5,10-15H2,1-3H3/t16-/m0/s1. The number of ketones is 1. The Morgan fingerprint density at radius 1 is 1.19 bits per heavy atom. The van der Waals surface area contributed by atoms with Crippen molar-refractivity contribution >= 4 is 21.6 Å². The topological polar surface area (TPSA) is 92.7 Å². The van der Waals surface area contributed by atoms with Gasteiger partial charge in [0.2, 0.25) is 10.0 Å². The van der Waals surface area contributed by atoms with Crippen molar-refractivity contribution in [3.05, 3.63) is 41.1 Å². The fourth-order valence-corrected chi connectivity index (χ4v) is 4.94. The summed E-state index contributed by atoms with van der Waals surface area (Å²) in [6.07, 6.45) is 3.10. The molecule has 0 N–H and O–H groups in total. The van der Waals surface area contributed by atoms with Gasteiger partial charge in [-0.25, -0.2) is 18.4 Å². The number of hydrogen-bond acceptors (Lipinski definition) is 7. The number of nitrogens with zero attached hydrogens (tertiary/aromatic N) is 4. The normalized spacial score (nSPS) is 19.2. The molecular formula is C23H30N4O4S. The Labute approximate surface area is 189 Å². The molecule has 1 atom stereocenters. The lowest BCUT2D eigenvalue weighted by Crippen LogP contribution is -2.44. The van der Waals surface area contributed by atoms with Gasteiger partial charge in [-0.15, -0.1) is 0 Å². The number of fused-ring (bicyclic) bond motifs is 1. The molecule has 0 amide bonds. The Balaban J connectivity index is 1.69. The highest BCUT2D eigenvalue weighted by Crippen LogP contribution is 2.34. The highest BCUT2D eigenvalue weighted by molar-refractivity contribution is 7.88. The number of carbonyl (C=O) groups is 1. The van der Waals surface area contributed by atoms with Crippen molar-refractivity contribution < 1.29 is 17.9 Å². The van der Waals surface area contributed by atoms with Crippen LogP contribution in [-0.2, 0) is 39.1 Å². The molecule has 0 spiro atoms. The van der Waals surface area contributed by atoms with E-state index in [1.54, 1.807) is 0 Å². The molecule has 8 nitrogen and oxygen atoms in total. The average molecular weight is 459 g/mol. The number of benzene rings is 1. The maximum Gasteiger partial charge on any atom is 0.211 e. The summed E-state index contributed by atoms with van der Waals surface area (Å²) in [5, 5.41) is 0. The van der Waals surface area contributed by atoms with Crippen molar-refractivity contribution in [1.29, 1.82) is 0 Å². The Hall–Kier alpha value is -2.36. The van der Waals surface area contributed by atoms with Gasteiger partial charge in [-0.2, -0.15) is 4.31 Å². The average Bonchev–Trinajstić information content (AvgIpc) is 3.19. The third kappa shape index (κ3) is 4.84. The van der Waals surface area contributed by atoms with Crippen LogP contribution in [-0.4, -0.2) is 60.5 Å². The fourth-order valence-electron chi connectivity index (χ4n) is 4.22. The molecule has 0 saturated carbocycles. The maximum absolute atomic E-state index is 12.2. The molecule has 0 aliphatic carbocycles. The van der Waals surface area contributed by atoms with Crippen LogP contribution in [0.15, 0.2) is 24.3 Å². The predicted octanol–water partition coefficient (Wildman–Crippen LogP) is 2.56.